The molecule has 5 nitrogen and oxygen atoms in total. The van der Waals surface area contributed by atoms with Gasteiger partial charge in [0.1, 0.15) is 0 Å². The van der Waals surface area contributed by atoms with E-state index in [-0.39, 0.29) is 0 Å². The topological polar surface area (TPSA) is 60.1 Å². The lowest BCUT2D eigenvalue weighted by Gasteiger charge is -1.98. The maximum Gasteiger partial charge on any atom is 0.240 e. The Hall–Kier alpha value is -2.26. The Kier molecular flexibility index (Phi) is 2.89. The summed E-state index contributed by atoms with van der Waals surface area (Å²) >= 11 is 0. The quantitative estimate of drug-likeness (QED) is 0.578. The minimum atomic E-state index is 0.578. The first-order valence-electron chi connectivity index (χ1n) is 4.93. The first kappa shape index (κ1) is 10.3. The Morgan fingerprint density at radius 3 is 2.69 bits per heavy atom. The van der Waals surface area contributed by atoms with Crippen LogP contribution in [0, 0.1) is 0 Å². The largest absolute Gasteiger partial charge is 0.240 e. The lowest BCUT2D eigenvalue weighted by Crippen LogP contribution is -1.93. The third-order valence-electron chi connectivity index (χ3n) is 2.19. The number of aryl methyl sites for hydroxylation is 1. The maximum atomic E-state index is 10.1. The Balaban J connectivity index is 2.30. The molecule has 0 saturated heterocycles. The molecule has 0 aliphatic rings. The lowest BCUT2D eigenvalue weighted by atomic mass is 10.3. The highest BCUT2D eigenvalue weighted by Gasteiger charge is 2.00. The molecule has 5 heteroatoms. The fraction of sp³-hybridized carbons (Fsp3) is 0.182. The van der Waals surface area contributed by atoms with E-state index in [1.807, 2.05) is 25.3 Å². The van der Waals surface area contributed by atoms with Gasteiger partial charge >= 0.3 is 0 Å². The van der Waals surface area contributed by atoms with Crippen molar-refractivity contribution in [2.24, 2.45) is 4.99 Å². The van der Waals surface area contributed by atoms with E-state index >= 15 is 0 Å². The molecule has 2 rings (SSSR count). The Morgan fingerprint density at radius 1 is 1.38 bits per heavy atom. The average Bonchev–Trinajstić information content (AvgIpc) is 2.79. The van der Waals surface area contributed by atoms with E-state index in [9.17, 15) is 4.79 Å². The molecule has 0 radical (unpaired) electrons. The normalized spacial score (nSPS) is 9.81. The van der Waals surface area contributed by atoms with Crippen molar-refractivity contribution in [2.45, 2.75) is 13.3 Å². The maximum absolute atomic E-state index is 10.1. The van der Waals surface area contributed by atoms with E-state index in [0.29, 0.717) is 5.69 Å². The van der Waals surface area contributed by atoms with Crippen molar-refractivity contribution in [3.05, 3.63) is 36.2 Å². The van der Waals surface area contributed by atoms with Gasteiger partial charge in [-0.25, -0.2) is 9.48 Å². The van der Waals surface area contributed by atoms with E-state index in [1.54, 1.807) is 16.8 Å². The summed E-state index contributed by atoms with van der Waals surface area (Å²) < 4.78 is 1.69. The summed E-state index contributed by atoms with van der Waals surface area (Å²) in [6.45, 7) is 2.02. The number of aliphatic imine (C=N–C) groups is 1. The van der Waals surface area contributed by atoms with Crippen LogP contribution in [0.3, 0.4) is 0 Å². The van der Waals surface area contributed by atoms with Gasteiger partial charge in [0.25, 0.3) is 0 Å². The third kappa shape index (κ3) is 2.04. The first-order chi connectivity index (χ1) is 7.83. The third-order valence-corrected chi connectivity index (χ3v) is 2.19. The molecule has 0 N–H and O–H groups in total. The van der Waals surface area contributed by atoms with Gasteiger partial charge in [0.15, 0.2) is 0 Å². The fourth-order valence-corrected chi connectivity index (χ4v) is 1.32. The number of hydrogen-bond donors (Lipinski definition) is 0. The van der Waals surface area contributed by atoms with Crippen molar-refractivity contribution >= 4 is 11.8 Å². The monoisotopic (exact) mass is 214 g/mol. The Bertz CT molecular complexity index is 523. The van der Waals surface area contributed by atoms with Gasteiger partial charge < -0.3 is 0 Å². The van der Waals surface area contributed by atoms with Crippen molar-refractivity contribution in [2.75, 3.05) is 0 Å². The zero-order valence-corrected chi connectivity index (χ0v) is 8.79. The summed E-state index contributed by atoms with van der Waals surface area (Å²) in [5.74, 6) is 0. The van der Waals surface area contributed by atoms with Crippen molar-refractivity contribution < 1.29 is 4.79 Å². The molecule has 0 aliphatic heterocycles. The molecule has 1 aromatic carbocycles. The van der Waals surface area contributed by atoms with Crippen LogP contribution in [0.2, 0.25) is 0 Å². The number of aromatic nitrogens is 3. The molecular weight excluding hydrogens is 204 g/mol. The van der Waals surface area contributed by atoms with Crippen LogP contribution >= 0.6 is 0 Å². The minimum Gasteiger partial charge on any atom is -0.220 e. The fourth-order valence-electron chi connectivity index (χ4n) is 1.32. The molecule has 80 valence electrons. The van der Waals surface area contributed by atoms with E-state index in [2.05, 4.69) is 15.3 Å². The van der Waals surface area contributed by atoms with Gasteiger partial charge in [-0.3, -0.25) is 0 Å². The summed E-state index contributed by atoms with van der Waals surface area (Å²) in [4.78, 5) is 13.6. The molecule has 1 aromatic heterocycles. The summed E-state index contributed by atoms with van der Waals surface area (Å²) in [6, 6.07) is 7.11. The van der Waals surface area contributed by atoms with Gasteiger partial charge in [-0.2, -0.15) is 4.99 Å². The van der Waals surface area contributed by atoms with Crippen molar-refractivity contribution in [1.82, 2.24) is 15.0 Å². The molecule has 0 atom stereocenters. The Labute approximate surface area is 92.4 Å². The molecular formula is C11H10N4O. The standard InChI is InChI=1S/C11H10N4O/c1-2-9-7-15(14-13-9)11-5-3-10(4-6-11)12-8-16/h3-7H,2H2,1H3. The molecule has 1 heterocycles. The molecule has 0 amide bonds. The molecule has 0 unspecified atom stereocenters. The van der Waals surface area contributed by atoms with Crippen molar-refractivity contribution in [1.29, 1.82) is 0 Å². The number of carbonyl (C=O) groups excluding carboxylic acids is 1. The van der Waals surface area contributed by atoms with Gasteiger partial charge in [0.05, 0.1) is 23.3 Å². The second-order valence-corrected chi connectivity index (χ2v) is 3.23. The van der Waals surface area contributed by atoms with E-state index < -0.39 is 0 Å². The van der Waals surface area contributed by atoms with Gasteiger partial charge in [-0.15, -0.1) is 5.10 Å². The average molecular weight is 214 g/mol. The smallest absolute Gasteiger partial charge is 0.220 e. The summed E-state index contributed by atoms with van der Waals surface area (Å²) in [5, 5.41) is 7.99. The molecule has 0 spiro atoms. The summed E-state index contributed by atoms with van der Waals surface area (Å²) in [6.07, 6.45) is 4.22. The Morgan fingerprint density at radius 2 is 2.12 bits per heavy atom. The summed E-state index contributed by atoms with van der Waals surface area (Å²) in [5.41, 5.74) is 2.40. The highest BCUT2D eigenvalue weighted by Crippen LogP contribution is 2.14. The lowest BCUT2D eigenvalue weighted by molar-refractivity contribution is 0.565. The number of hydrogen-bond acceptors (Lipinski definition) is 4. The molecule has 0 bridgehead atoms. The van der Waals surface area contributed by atoms with Crippen LogP contribution in [0.5, 0.6) is 0 Å². The van der Waals surface area contributed by atoms with Gasteiger partial charge in [0.2, 0.25) is 6.08 Å². The van der Waals surface area contributed by atoms with Gasteiger partial charge in [-0.1, -0.05) is 12.1 Å². The van der Waals surface area contributed by atoms with E-state index in [1.165, 1.54) is 6.08 Å². The highest BCUT2D eigenvalue weighted by atomic mass is 16.1. The summed E-state index contributed by atoms with van der Waals surface area (Å²) in [7, 11) is 0. The van der Waals surface area contributed by atoms with Crippen LogP contribution in [0.4, 0.5) is 5.69 Å². The predicted octanol–water partition coefficient (Wildman–Crippen LogP) is 1.80. The zero-order valence-electron chi connectivity index (χ0n) is 8.79. The molecule has 16 heavy (non-hydrogen) atoms. The second-order valence-electron chi connectivity index (χ2n) is 3.23. The number of nitrogens with zero attached hydrogens (tertiary/aromatic N) is 4. The van der Waals surface area contributed by atoms with Crippen LogP contribution in [-0.2, 0) is 11.2 Å². The van der Waals surface area contributed by atoms with Crippen molar-refractivity contribution in [3.8, 4) is 5.69 Å². The number of isocyanates is 1. The molecule has 0 fully saturated rings. The highest BCUT2D eigenvalue weighted by molar-refractivity contribution is 5.51. The number of rotatable bonds is 3. The van der Waals surface area contributed by atoms with Crippen LogP contribution in [0.25, 0.3) is 5.69 Å². The van der Waals surface area contributed by atoms with Gasteiger partial charge in [0, 0.05) is 0 Å². The molecule has 0 saturated carbocycles. The van der Waals surface area contributed by atoms with Gasteiger partial charge in [-0.05, 0) is 30.7 Å². The first-order valence-corrected chi connectivity index (χ1v) is 4.93. The zero-order chi connectivity index (χ0) is 11.4. The van der Waals surface area contributed by atoms with E-state index in [4.69, 9.17) is 0 Å². The van der Waals surface area contributed by atoms with Crippen LogP contribution in [0.15, 0.2) is 35.5 Å². The second kappa shape index (κ2) is 4.51. The predicted molar refractivity (Wildman–Crippen MR) is 58.5 cm³/mol. The number of benzene rings is 1. The van der Waals surface area contributed by atoms with Crippen LogP contribution in [-0.4, -0.2) is 21.1 Å². The molecule has 0 aliphatic carbocycles. The molecule has 2 aromatic rings. The van der Waals surface area contributed by atoms with Crippen LogP contribution < -0.4 is 0 Å². The van der Waals surface area contributed by atoms with Crippen LogP contribution in [0.1, 0.15) is 12.6 Å². The van der Waals surface area contributed by atoms with Crippen molar-refractivity contribution in [3.63, 3.8) is 0 Å². The van der Waals surface area contributed by atoms with E-state index in [0.717, 1.165) is 17.8 Å². The SMILES string of the molecule is CCc1cn(-c2ccc(N=C=O)cc2)nn1. The minimum absolute atomic E-state index is 0.578.